The number of hydrogen-bond donors (Lipinski definition) is 0. The molecule has 1 aliphatic heterocycles. The lowest BCUT2D eigenvalue weighted by atomic mass is 9.96. The van der Waals surface area contributed by atoms with Gasteiger partial charge in [0, 0.05) is 37.7 Å². The van der Waals surface area contributed by atoms with E-state index in [4.69, 9.17) is 4.74 Å². The van der Waals surface area contributed by atoms with Gasteiger partial charge in [-0.25, -0.2) is 9.97 Å². The molecule has 2 aromatic carbocycles. The maximum atomic E-state index is 11.5. The SMILES string of the molecule is CC(c1ccc2scnc2c1)N1CCc2ccc(Oc3ccc(S(C)=O)cn3)cc2C1. The molecule has 0 bridgehead atoms. The number of benzene rings is 2. The molecule has 2 unspecified atom stereocenters. The summed E-state index contributed by atoms with van der Waals surface area (Å²) in [6.07, 6.45) is 4.27. The van der Waals surface area contributed by atoms with Gasteiger partial charge in [-0.1, -0.05) is 12.1 Å². The van der Waals surface area contributed by atoms with Crippen molar-refractivity contribution in [1.29, 1.82) is 0 Å². The highest BCUT2D eigenvalue weighted by Gasteiger charge is 2.22. The lowest BCUT2D eigenvalue weighted by Gasteiger charge is -2.34. The first-order valence-electron chi connectivity index (χ1n) is 10.2. The van der Waals surface area contributed by atoms with Crippen molar-refractivity contribution in [1.82, 2.24) is 14.9 Å². The van der Waals surface area contributed by atoms with Gasteiger partial charge in [0.1, 0.15) is 5.75 Å². The van der Waals surface area contributed by atoms with Crippen LogP contribution in [0.4, 0.5) is 0 Å². The van der Waals surface area contributed by atoms with E-state index in [0.29, 0.717) is 16.8 Å². The lowest BCUT2D eigenvalue weighted by Crippen LogP contribution is -2.32. The second kappa shape index (κ2) is 8.49. The Bertz CT molecular complexity index is 1250. The quantitative estimate of drug-likeness (QED) is 0.412. The molecule has 0 spiro atoms. The predicted molar refractivity (Wildman–Crippen MR) is 125 cm³/mol. The summed E-state index contributed by atoms with van der Waals surface area (Å²) >= 11 is 1.68. The third kappa shape index (κ3) is 4.26. The molecule has 31 heavy (non-hydrogen) atoms. The van der Waals surface area contributed by atoms with Crippen LogP contribution in [0, 0.1) is 0 Å². The molecule has 0 amide bonds. The van der Waals surface area contributed by atoms with Gasteiger partial charge < -0.3 is 4.74 Å². The average molecular weight is 450 g/mol. The Hall–Kier alpha value is -2.61. The van der Waals surface area contributed by atoms with E-state index in [1.165, 1.54) is 21.4 Å². The smallest absolute Gasteiger partial charge is 0.219 e. The van der Waals surface area contributed by atoms with Crippen LogP contribution in [0.3, 0.4) is 0 Å². The van der Waals surface area contributed by atoms with Crippen LogP contribution >= 0.6 is 11.3 Å². The van der Waals surface area contributed by atoms with E-state index >= 15 is 0 Å². The summed E-state index contributed by atoms with van der Waals surface area (Å²) in [5.41, 5.74) is 6.94. The normalized spacial score (nSPS) is 16.1. The van der Waals surface area contributed by atoms with E-state index in [1.54, 1.807) is 35.9 Å². The van der Waals surface area contributed by atoms with Crippen LogP contribution in [0.2, 0.25) is 0 Å². The summed E-state index contributed by atoms with van der Waals surface area (Å²) in [7, 11) is -1.04. The summed E-state index contributed by atoms with van der Waals surface area (Å²) in [6, 6.07) is 16.8. The summed E-state index contributed by atoms with van der Waals surface area (Å²) in [4.78, 5) is 11.9. The molecule has 3 heterocycles. The van der Waals surface area contributed by atoms with Crippen molar-refractivity contribution in [3.8, 4) is 11.6 Å². The summed E-state index contributed by atoms with van der Waals surface area (Å²) in [6.45, 7) is 4.17. The molecule has 2 atom stereocenters. The zero-order chi connectivity index (χ0) is 21.4. The fourth-order valence-electron chi connectivity index (χ4n) is 4.01. The highest BCUT2D eigenvalue weighted by atomic mass is 32.2. The third-order valence-electron chi connectivity index (χ3n) is 5.87. The van der Waals surface area contributed by atoms with E-state index in [-0.39, 0.29) is 0 Å². The van der Waals surface area contributed by atoms with Crippen LogP contribution in [0.25, 0.3) is 10.2 Å². The van der Waals surface area contributed by atoms with Crippen molar-refractivity contribution in [3.05, 3.63) is 76.9 Å². The monoisotopic (exact) mass is 449 g/mol. The number of thiazole rings is 1. The largest absolute Gasteiger partial charge is 0.439 e. The first-order chi connectivity index (χ1) is 15.1. The number of hydrogen-bond acceptors (Lipinski definition) is 6. The van der Waals surface area contributed by atoms with Crippen LogP contribution in [-0.4, -0.2) is 31.9 Å². The Balaban J connectivity index is 1.33. The molecule has 7 heteroatoms. The third-order valence-corrected chi connectivity index (χ3v) is 7.58. The van der Waals surface area contributed by atoms with Gasteiger partial charge in [-0.2, -0.15) is 0 Å². The van der Waals surface area contributed by atoms with E-state index in [9.17, 15) is 4.21 Å². The number of pyridine rings is 1. The molecule has 0 fully saturated rings. The minimum absolute atomic E-state index is 0.313. The Morgan fingerprint density at radius 1 is 1.10 bits per heavy atom. The van der Waals surface area contributed by atoms with Gasteiger partial charge in [-0.05, 0) is 60.4 Å². The Labute approximate surface area is 188 Å². The van der Waals surface area contributed by atoms with E-state index in [2.05, 4.69) is 52.1 Å². The fraction of sp³-hybridized carbons (Fsp3) is 0.250. The standard InChI is InChI=1S/C24H23N3O2S2/c1-16(18-4-7-23-22(12-18)26-15-30-23)27-10-9-17-3-5-20(11-19(17)14-27)29-24-8-6-21(13-25-24)31(2)28/h3-8,11-13,15-16H,9-10,14H2,1-2H3. The van der Waals surface area contributed by atoms with Crippen LogP contribution in [-0.2, 0) is 23.8 Å². The molecule has 1 aliphatic rings. The Morgan fingerprint density at radius 3 is 2.81 bits per heavy atom. The molecule has 0 radical (unpaired) electrons. The maximum absolute atomic E-state index is 11.5. The van der Waals surface area contributed by atoms with Crippen LogP contribution in [0.1, 0.15) is 29.7 Å². The van der Waals surface area contributed by atoms with Gasteiger partial charge in [0.15, 0.2) is 0 Å². The maximum Gasteiger partial charge on any atom is 0.219 e. The van der Waals surface area contributed by atoms with Gasteiger partial charge in [0.25, 0.3) is 0 Å². The summed E-state index contributed by atoms with van der Waals surface area (Å²) < 4.78 is 18.7. The molecule has 0 aliphatic carbocycles. The number of rotatable bonds is 5. The molecular formula is C24H23N3O2S2. The predicted octanol–water partition coefficient (Wildman–Crippen LogP) is 5.34. The number of fused-ring (bicyclic) bond motifs is 2. The highest BCUT2D eigenvalue weighted by Crippen LogP contribution is 2.32. The summed E-state index contributed by atoms with van der Waals surface area (Å²) in [5, 5.41) is 0. The van der Waals surface area contributed by atoms with Crippen molar-refractivity contribution in [2.45, 2.75) is 30.8 Å². The first kappa shape index (κ1) is 20.3. The first-order valence-corrected chi connectivity index (χ1v) is 12.7. The van der Waals surface area contributed by atoms with Gasteiger partial charge in [0.05, 0.1) is 31.4 Å². The molecule has 4 aromatic rings. The average Bonchev–Trinajstić information content (AvgIpc) is 3.26. The van der Waals surface area contributed by atoms with Crippen molar-refractivity contribution in [2.24, 2.45) is 0 Å². The fourth-order valence-corrected chi connectivity index (χ4v) is 5.13. The van der Waals surface area contributed by atoms with Gasteiger partial charge in [-0.15, -0.1) is 11.3 Å². The van der Waals surface area contributed by atoms with Crippen molar-refractivity contribution < 1.29 is 8.95 Å². The molecule has 5 nitrogen and oxygen atoms in total. The zero-order valence-corrected chi connectivity index (χ0v) is 19.1. The van der Waals surface area contributed by atoms with E-state index < -0.39 is 10.8 Å². The van der Waals surface area contributed by atoms with Crippen LogP contribution in [0.15, 0.2) is 65.1 Å². The topological polar surface area (TPSA) is 55.3 Å². The second-order valence-corrected chi connectivity index (χ2v) is 10.1. The molecule has 158 valence electrons. The van der Waals surface area contributed by atoms with Gasteiger partial charge in [-0.3, -0.25) is 9.11 Å². The molecule has 0 N–H and O–H groups in total. The molecule has 0 saturated carbocycles. The minimum Gasteiger partial charge on any atom is -0.439 e. The lowest BCUT2D eigenvalue weighted by molar-refractivity contribution is 0.192. The minimum atomic E-state index is -1.04. The zero-order valence-electron chi connectivity index (χ0n) is 17.4. The molecular weight excluding hydrogens is 426 g/mol. The Morgan fingerprint density at radius 2 is 2.00 bits per heavy atom. The van der Waals surface area contributed by atoms with Crippen molar-refractivity contribution in [3.63, 3.8) is 0 Å². The number of ether oxygens (including phenoxy) is 1. The van der Waals surface area contributed by atoms with Crippen molar-refractivity contribution >= 4 is 32.4 Å². The van der Waals surface area contributed by atoms with Crippen molar-refractivity contribution in [2.75, 3.05) is 12.8 Å². The Kier molecular flexibility index (Phi) is 5.56. The number of nitrogens with zero attached hydrogens (tertiary/aromatic N) is 3. The molecule has 5 rings (SSSR count). The van der Waals surface area contributed by atoms with Crippen LogP contribution < -0.4 is 4.74 Å². The van der Waals surface area contributed by atoms with E-state index in [1.807, 2.05) is 11.6 Å². The second-order valence-electron chi connectivity index (χ2n) is 7.79. The molecule has 2 aromatic heterocycles. The van der Waals surface area contributed by atoms with Gasteiger partial charge in [0.2, 0.25) is 5.88 Å². The molecule has 0 saturated heterocycles. The van der Waals surface area contributed by atoms with Gasteiger partial charge >= 0.3 is 0 Å². The van der Waals surface area contributed by atoms with Crippen LogP contribution in [0.5, 0.6) is 11.6 Å². The summed E-state index contributed by atoms with van der Waals surface area (Å²) in [5.74, 6) is 1.28. The number of aromatic nitrogens is 2. The van der Waals surface area contributed by atoms with E-state index in [0.717, 1.165) is 30.8 Å². The highest BCUT2D eigenvalue weighted by molar-refractivity contribution is 7.84.